The number of esters is 1. The van der Waals surface area contributed by atoms with Crippen LogP contribution in [-0.4, -0.2) is 59.7 Å². The molecule has 2 bridgehead atoms. The standard InChI is InChI=1S/C29H37NO9/c1-15(30-24(31)16(2)36-26(33)39-27(3,4)5)25(32)37-20-11-13-29(34)18-8-7-12-28(29)21-17(14-18)9-10-19(35-6)22(21)38-23(20)28/h9-11,15-16,18,23,34H,7-8,12-14H2,1-6H3,(H,30,31)/t15-,16-,18+,23-,28-,29+/m0/s1. The minimum Gasteiger partial charge on any atom is -0.493 e. The predicted octanol–water partition coefficient (Wildman–Crippen LogP) is 3.46. The van der Waals surface area contributed by atoms with Gasteiger partial charge in [-0.15, -0.1) is 0 Å². The van der Waals surface area contributed by atoms with Gasteiger partial charge in [0.15, 0.2) is 23.7 Å². The number of benzene rings is 1. The van der Waals surface area contributed by atoms with Crippen LogP contribution in [0.1, 0.15) is 71.4 Å². The first-order chi connectivity index (χ1) is 18.3. The Kier molecular flexibility index (Phi) is 6.60. The number of carbonyl (C=O) groups is 3. The highest BCUT2D eigenvalue weighted by Gasteiger charge is 2.71. The number of hydrogen-bond acceptors (Lipinski definition) is 9. The number of methoxy groups -OCH3 is 1. The van der Waals surface area contributed by atoms with Crippen molar-refractivity contribution in [1.82, 2.24) is 5.32 Å². The molecule has 39 heavy (non-hydrogen) atoms. The van der Waals surface area contributed by atoms with E-state index in [0.717, 1.165) is 30.4 Å². The zero-order chi connectivity index (χ0) is 28.3. The van der Waals surface area contributed by atoms with Crippen molar-refractivity contribution >= 4 is 18.0 Å². The molecule has 6 atom stereocenters. The molecule has 10 heteroatoms. The zero-order valence-corrected chi connectivity index (χ0v) is 23.3. The summed E-state index contributed by atoms with van der Waals surface area (Å²) in [6.45, 7) is 7.92. The molecule has 1 saturated carbocycles. The molecule has 4 aliphatic rings. The maximum absolute atomic E-state index is 13.1. The van der Waals surface area contributed by atoms with Gasteiger partial charge < -0.3 is 34.1 Å². The summed E-state index contributed by atoms with van der Waals surface area (Å²) in [6, 6.07) is 2.89. The third-order valence-electron chi connectivity index (χ3n) is 8.43. The van der Waals surface area contributed by atoms with Crippen LogP contribution in [0.3, 0.4) is 0 Å². The second kappa shape index (κ2) is 9.43. The van der Waals surface area contributed by atoms with Gasteiger partial charge in [-0.3, -0.25) is 4.79 Å². The third-order valence-corrected chi connectivity index (χ3v) is 8.43. The lowest BCUT2D eigenvalue weighted by atomic mass is 9.47. The zero-order valence-electron chi connectivity index (χ0n) is 23.3. The normalized spacial score (nSPS) is 29.6. The summed E-state index contributed by atoms with van der Waals surface area (Å²) >= 11 is 0. The fourth-order valence-electron chi connectivity index (χ4n) is 6.75. The number of ether oxygens (including phenoxy) is 5. The Balaban J connectivity index is 1.33. The van der Waals surface area contributed by atoms with E-state index in [1.807, 2.05) is 12.1 Å². The summed E-state index contributed by atoms with van der Waals surface area (Å²) in [6.07, 6.45) is 2.50. The van der Waals surface area contributed by atoms with Crippen molar-refractivity contribution in [1.29, 1.82) is 0 Å². The van der Waals surface area contributed by atoms with Gasteiger partial charge in [0.2, 0.25) is 0 Å². The molecule has 1 aromatic rings. The fourth-order valence-corrected chi connectivity index (χ4v) is 6.75. The van der Waals surface area contributed by atoms with E-state index in [1.165, 1.54) is 13.8 Å². The maximum atomic E-state index is 13.1. The largest absolute Gasteiger partial charge is 0.509 e. The molecule has 1 spiro atoms. The summed E-state index contributed by atoms with van der Waals surface area (Å²) < 4.78 is 28.0. The van der Waals surface area contributed by atoms with Crippen molar-refractivity contribution in [3.05, 3.63) is 35.1 Å². The lowest BCUT2D eigenvalue weighted by Gasteiger charge is -2.59. The number of hydrogen-bond donors (Lipinski definition) is 2. The van der Waals surface area contributed by atoms with Gasteiger partial charge >= 0.3 is 12.1 Å². The van der Waals surface area contributed by atoms with Crippen LogP contribution in [0.25, 0.3) is 0 Å². The molecule has 1 amide bonds. The molecule has 0 aromatic heterocycles. The molecule has 212 valence electrons. The number of nitrogens with one attached hydrogen (secondary N) is 1. The van der Waals surface area contributed by atoms with Crippen LogP contribution in [0.5, 0.6) is 11.5 Å². The maximum Gasteiger partial charge on any atom is 0.509 e. The second-order valence-corrected chi connectivity index (χ2v) is 12.0. The molecular formula is C29H37NO9. The van der Waals surface area contributed by atoms with E-state index in [9.17, 15) is 19.5 Å². The Morgan fingerprint density at radius 3 is 2.64 bits per heavy atom. The third kappa shape index (κ3) is 4.33. The highest BCUT2D eigenvalue weighted by molar-refractivity contribution is 5.87. The van der Waals surface area contributed by atoms with Crippen molar-refractivity contribution in [2.24, 2.45) is 5.92 Å². The van der Waals surface area contributed by atoms with E-state index >= 15 is 0 Å². The average Bonchev–Trinajstić information content (AvgIpc) is 3.19. The van der Waals surface area contributed by atoms with Crippen LogP contribution >= 0.6 is 0 Å². The highest BCUT2D eigenvalue weighted by atomic mass is 16.7. The summed E-state index contributed by atoms with van der Waals surface area (Å²) in [7, 11) is 1.58. The molecule has 1 aromatic carbocycles. The van der Waals surface area contributed by atoms with E-state index in [-0.39, 0.29) is 5.92 Å². The summed E-state index contributed by atoms with van der Waals surface area (Å²) in [5, 5.41) is 14.7. The first kappa shape index (κ1) is 27.3. The van der Waals surface area contributed by atoms with Crippen LogP contribution in [-0.2, 0) is 35.6 Å². The fraction of sp³-hybridized carbons (Fsp3) is 0.621. The predicted molar refractivity (Wildman–Crippen MR) is 138 cm³/mol. The lowest BCUT2D eigenvalue weighted by Crippen LogP contribution is -2.67. The van der Waals surface area contributed by atoms with E-state index in [4.69, 9.17) is 23.7 Å². The number of rotatable bonds is 6. The molecule has 2 N–H and O–H groups in total. The molecule has 0 radical (unpaired) electrons. The number of amides is 1. The van der Waals surface area contributed by atoms with E-state index in [0.29, 0.717) is 30.1 Å². The molecule has 1 aliphatic heterocycles. The first-order valence-corrected chi connectivity index (χ1v) is 13.5. The highest BCUT2D eigenvalue weighted by Crippen LogP contribution is 2.67. The monoisotopic (exact) mass is 543 g/mol. The van der Waals surface area contributed by atoms with Crippen LogP contribution in [0.15, 0.2) is 24.0 Å². The average molecular weight is 544 g/mol. The van der Waals surface area contributed by atoms with Gasteiger partial charge in [-0.25, -0.2) is 9.59 Å². The van der Waals surface area contributed by atoms with Gasteiger partial charge in [-0.2, -0.15) is 0 Å². The molecule has 5 rings (SSSR count). The lowest BCUT2D eigenvalue weighted by molar-refractivity contribution is -0.161. The van der Waals surface area contributed by atoms with Gasteiger partial charge in [0.05, 0.1) is 18.1 Å². The van der Waals surface area contributed by atoms with Crippen molar-refractivity contribution < 1.29 is 43.2 Å². The smallest absolute Gasteiger partial charge is 0.493 e. The Hall–Kier alpha value is -3.27. The number of aliphatic hydroxyl groups is 1. The van der Waals surface area contributed by atoms with Crippen molar-refractivity contribution in [2.75, 3.05) is 7.11 Å². The summed E-state index contributed by atoms with van der Waals surface area (Å²) in [5.41, 5.74) is -0.450. The SMILES string of the molecule is COc1ccc2c3c1O[C@H]1C(OC(=O)[C@H](C)NC(=O)[C@H](C)OC(=O)OC(C)(C)C)=CC[C@@]4(O)[C@H](CCC[C@]314)C2. The topological polar surface area (TPSA) is 130 Å². The number of carbonyl (C=O) groups excluding carboxylic acids is 3. The molecule has 10 nitrogen and oxygen atoms in total. The quantitative estimate of drug-likeness (QED) is 0.518. The Bertz CT molecular complexity index is 1230. The molecule has 1 fully saturated rings. The summed E-state index contributed by atoms with van der Waals surface area (Å²) in [5.74, 6) is 0.192. The Morgan fingerprint density at radius 2 is 1.95 bits per heavy atom. The van der Waals surface area contributed by atoms with Crippen LogP contribution in [0.4, 0.5) is 4.79 Å². The molecule has 0 unspecified atom stereocenters. The Morgan fingerprint density at radius 1 is 1.21 bits per heavy atom. The van der Waals surface area contributed by atoms with E-state index in [1.54, 1.807) is 34.0 Å². The molecule has 1 heterocycles. The van der Waals surface area contributed by atoms with E-state index < -0.39 is 52.9 Å². The molecule has 0 saturated heterocycles. The van der Waals surface area contributed by atoms with Crippen molar-refractivity contribution in [3.8, 4) is 11.5 Å². The minimum absolute atomic E-state index is 0.0716. The molecular weight excluding hydrogens is 506 g/mol. The van der Waals surface area contributed by atoms with Crippen LogP contribution in [0, 0.1) is 5.92 Å². The minimum atomic E-state index is -1.18. The summed E-state index contributed by atoms with van der Waals surface area (Å²) in [4.78, 5) is 37.6. The second-order valence-electron chi connectivity index (χ2n) is 12.0. The van der Waals surface area contributed by atoms with Crippen LogP contribution in [0.2, 0.25) is 0 Å². The first-order valence-electron chi connectivity index (χ1n) is 13.5. The van der Waals surface area contributed by atoms with Gasteiger partial charge in [0, 0.05) is 5.56 Å². The van der Waals surface area contributed by atoms with Gasteiger partial charge in [0.1, 0.15) is 17.4 Å². The van der Waals surface area contributed by atoms with Gasteiger partial charge in [0.25, 0.3) is 5.91 Å². The molecule has 3 aliphatic carbocycles. The van der Waals surface area contributed by atoms with Crippen molar-refractivity contribution in [3.63, 3.8) is 0 Å². The van der Waals surface area contributed by atoms with Gasteiger partial charge in [-0.1, -0.05) is 12.5 Å². The van der Waals surface area contributed by atoms with Crippen molar-refractivity contribution in [2.45, 2.75) is 102 Å². The van der Waals surface area contributed by atoms with Gasteiger partial charge in [-0.05, 0) is 83.9 Å². The Labute approximate surface area is 228 Å². The van der Waals surface area contributed by atoms with E-state index in [2.05, 4.69) is 5.32 Å². The van der Waals surface area contributed by atoms with Crippen LogP contribution < -0.4 is 14.8 Å².